The van der Waals surface area contributed by atoms with Gasteiger partial charge in [0.05, 0.1) is 7.11 Å². The van der Waals surface area contributed by atoms with Crippen molar-refractivity contribution in [3.05, 3.63) is 29.3 Å². The third-order valence-corrected chi connectivity index (χ3v) is 2.62. The molecule has 0 aliphatic heterocycles. The van der Waals surface area contributed by atoms with Gasteiger partial charge in [0.1, 0.15) is 5.75 Å². The van der Waals surface area contributed by atoms with E-state index in [0.29, 0.717) is 0 Å². The van der Waals surface area contributed by atoms with E-state index in [1.807, 2.05) is 13.1 Å². The number of hydrogen-bond acceptors (Lipinski definition) is 3. The molecule has 1 rings (SSSR count). The van der Waals surface area contributed by atoms with Crippen molar-refractivity contribution in [2.45, 2.75) is 13.5 Å². The molecule has 0 amide bonds. The Labute approximate surface area is 98.4 Å². The fourth-order valence-corrected chi connectivity index (χ4v) is 1.70. The van der Waals surface area contributed by atoms with E-state index in [1.54, 1.807) is 7.11 Å². The van der Waals surface area contributed by atoms with E-state index in [2.05, 4.69) is 36.3 Å². The predicted molar refractivity (Wildman–Crippen MR) is 68.0 cm³/mol. The first-order valence-corrected chi connectivity index (χ1v) is 5.64. The van der Waals surface area contributed by atoms with Gasteiger partial charge in [-0.15, -0.1) is 0 Å². The van der Waals surface area contributed by atoms with Crippen molar-refractivity contribution in [1.29, 1.82) is 0 Å². The van der Waals surface area contributed by atoms with Crippen LogP contribution in [-0.2, 0) is 6.54 Å². The van der Waals surface area contributed by atoms with Gasteiger partial charge in [0, 0.05) is 25.2 Å². The van der Waals surface area contributed by atoms with Gasteiger partial charge in [0.15, 0.2) is 0 Å². The first-order valence-electron chi connectivity index (χ1n) is 5.64. The molecular weight excluding hydrogens is 200 g/mol. The van der Waals surface area contributed by atoms with E-state index in [9.17, 15) is 0 Å². The third kappa shape index (κ3) is 3.83. The molecule has 0 saturated heterocycles. The van der Waals surface area contributed by atoms with Crippen LogP contribution < -0.4 is 10.1 Å². The molecule has 0 unspecified atom stereocenters. The second-order valence-electron chi connectivity index (χ2n) is 4.16. The Morgan fingerprint density at radius 3 is 2.75 bits per heavy atom. The summed E-state index contributed by atoms with van der Waals surface area (Å²) in [7, 11) is 5.82. The summed E-state index contributed by atoms with van der Waals surface area (Å²) in [5, 5.41) is 3.15. The number of aryl methyl sites for hydroxylation is 1. The largest absolute Gasteiger partial charge is 0.496 e. The van der Waals surface area contributed by atoms with E-state index >= 15 is 0 Å². The number of nitrogens with zero attached hydrogens (tertiary/aromatic N) is 1. The molecule has 0 aliphatic carbocycles. The zero-order valence-electron chi connectivity index (χ0n) is 10.7. The Morgan fingerprint density at radius 1 is 1.38 bits per heavy atom. The monoisotopic (exact) mass is 222 g/mol. The number of hydrogen-bond donors (Lipinski definition) is 1. The minimum atomic E-state index is 0.923. The van der Waals surface area contributed by atoms with Crippen LogP contribution in [0, 0.1) is 6.92 Å². The molecule has 0 saturated carbocycles. The molecule has 3 nitrogen and oxygen atoms in total. The SMILES string of the molecule is CNCCN(C)Cc1cc(C)ccc1OC. The molecule has 3 heteroatoms. The maximum atomic E-state index is 5.36. The maximum absolute atomic E-state index is 5.36. The zero-order valence-corrected chi connectivity index (χ0v) is 10.7. The lowest BCUT2D eigenvalue weighted by molar-refractivity contribution is 0.318. The van der Waals surface area contributed by atoms with Crippen molar-refractivity contribution in [1.82, 2.24) is 10.2 Å². The Bertz CT molecular complexity index is 326. The molecule has 1 aromatic carbocycles. The second-order valence-corrected chi connectivity index (χ2v) is 4.16. The van der Waals surface area contributed by atoms with Crippen LogP contribution in [0.25, 0.3) is 0 Å². The smallest absolute Gasteiger partial charge is 0.123 e. The fourth-order valence-electron chi connectivity index (χ4n) is 1.70. The lowest BCUT2D eigenvalue weighted by Crippen LogP contribution is -2.27. The van der Waals surface area contributed by atoms with Crippen LogP contribution in [0.15, 0.2) is 18.2 Å². The number of rotatable bonds is 6. The highest BCUT2D eigenvalue weighted by atomic mass is 16.5. The summed E-state index contributed by atoms with van der Waals surface area (Å²) in [6.45, 7) is 5.07. The molecule has 0 fully saturated rings. The van der Waals surface area contributed by atoms with Crippen molar-refractivity contribution < 1.29 is 4.74 Å². The van der Waals surface area contributed by atoms with Crippen molar-refractivity contribution in [3.63, 3.8) is 0 Å². The van der Waals surface area contributed by atoms with Crippen LogP contribution in [-0.4, -0.2) is 39.2 Å². The zero-order chi connectivity index (χ0) is 12.0. The Morgan fingerprint density at radius 2 is 2.12 bits per heavy atom. The molecule has 1 aromatic rings. The van der Waals surface area contributed by atoms with Crippen molar-refractivity contribution in [3.8, 4) is 5.75 Å². The van der Waals surface area contributed by atoms with E-state index < -0.39 is 0 Å². The van der Waals surface area contributed by atoms with Crippen molar-refractivity contribution >= 4 is 0 Å². The molecular formula is C13H22N2O. The Balaban J connectivity index is 2.67. The van der Waals surface area contributed by atoms with Gasteiger partial charge in [-0.25, -0.2) is 0 Å². The van der Waals surface area contributed by atoms with Gasteiger partial charge in [0.2, 0.25) is 0 Å². The van der Waals surface area contributed by atoms with Crippen LogP contribution >= 0.6 is 0 Å². The van der Waals surface area contributed by atoms with Crippen LogP contribution in [0.3, 0.4) is 0 Å². The number of likely N-dealkylation sites (N-methyl/N-ethyl adjacent to an activating group) is 2. The predicted octanol–water partition coefficient (Wildman–Crippen LogP) is 1.65. The molecule has 0 heterocycles. The lowest BCUT2D eigenvalue weighted by Gasteiger charge is -2.18. The molecule has 16 heavy (non-hydrogen) atoms. The molecule has 0 spiro atoms. The number of nitrogens with one attached hydrogen (secondary N) is 1. The minimum absolute atomic E-state index is 0.923. The molecule has 0 radical (unpaired) electrons. The molecule has 0 aliphatic rings. The highest BCUT2D eigenvalue weighted by Crippen LogP contribution is 2.20. The van der Waals surface area contributed by atoms with E-state index in [-0.39, 0.29) is 0 Å². The third-order valence-electron chi connectivity index (χ3n) is 2.62. The lowest BCUT2D eigenvalue weighted by atomic mass is 10.1. The number of benzene rings is 1. The summed E-state index contributed by atoms with van der Waals surface area (Å²) in [5.74, 6) is 0.974. The topological polar surface area (TPSA) is 24.5 Å². The van der Waals surface area contributed by atoms with E-state index in [1.165, 1.54) is 11.1 Å². The first-order chi connectivity index (χ1) is 7.67. The molecule has 1 N–H and O–H groups in total. The van der Waals surface area contributed by atoms with Gasteiger partial charge >= 0.3 is 0 Å². The number of methoxy groups -OCH3 is 1. The standard InChI is InChI=1S/C13H22N2O/c1-11-5-6-13(16-4)12(9-11)10-15(3)8-7-14-2/h5-6,9,14H,7-8,10H2,1-4H3. The van der Waals surface area contributed by atoms with Gasteiger partial charge in [-0.05, 0) is 27.1 Å². The van der Waals surface area contributed by atoms with Gasteiger partial charge in [0.25, 0.3) is 0 Å². The van der Waals surface area contributed by atoms with Gasteiger partial charge in [-0.3, -0.25) is 0 Å². The summed E-state index contributed by atoms with van der Waals surface area (Å²) >= 11 is 0. The van der Waals surface area contributed by atoms with Crippen LogP contribution in [0.4, 0.5) is 0 Å². The van der Waals surface area contributed by atoms with E-state index in [4.69, 9.17) is 4.74 Å². The summed E-state index contributed by atoms with van der Waals surface area (Å²) in [6, 6.07) is 6.31. The van der Waals surface area contributed by atoms with Crippen LogP contribution in [0.2, 0.25) is 0 Å². The van der Waals surface area contributed by atoms with Crippen molar-refractivity contribution in [2.24, 2.45) is 0 Å². The minimum Gasteiger partial charge on any atom is -0.496 e. The van der Waals surface area contributed by atoms with Gasteiger partial charge < -0.3 is 15.0 Å². The summed E-state index contributed by atoms with van der Waals surface area (Å²) < 4.78 is 5.36. The summed E-state index contributed by atoms with van der Waals surface area (Å²) in [6.07, 6.45) is 0. The average molecular weight is 222 g/mol. The van der Waals surface area contributed by atoms with Gasteiger partial charge in [-0.2, -0.15) is 0 Å². The molecule has 90 valence electrons. The molecule has 0 aromatic heterocycles. The second kappa shape index (κ2) is 6.51. The quantitative estimate of drug-likeness (QED) is 0.792. The molecule has 0 atom stereocenters. The highest BCUT2D eigenvalue weighted by Gasteiger charge is 2.06. The Kier molecular flexibility index (Phi) is 5.29. The van der Waals surface area contributed by atoms with Gasteiger partial charge in [-0.1, -0.05) is 17.7 Å². The van der Waals surface area contributed by atoms with E-state index in [0.717, 1.165) is 25.4 Å². The maximum Gasteiger partial charge on any atom is 0.123 e. The van der Waals surface area contributed by atoms with Crippen molar-refractivity contribution in [2.75, 3.05) is 34.3 Å². The molecule has 0 bridgehead atoms. The highest BCUT2D eigenvalue weighted by molar-refractivity contribution is 5.36. The Hall–Kier alpha value is -1.06. The first kappa shape index (κ1) is 13.0. The van der Waals surface area contributed by atoms with Crippen LogP contribution in [0.1, 0.15) is 11.1 Å². The summed E-state index contributed by atoms with van der Waals surface area (Å²) in [5.41, 5.74) is 2.53. The fraction of sp³-hybridized carbons (Fsp3) is 0.538. The normalized spacial score (nSPS) is 10.8. The van der Waals surface area contributed by atoms with Crippen LogP contribution in [0.5, 0.6) is 5.75 Å². The summed E-state index contributed by atoms with van der Waals surface area (Å²) in [4.78, 5) is 2.29. The number of ether oxygens (including phenoxy) is 1. The average Bonchev–Trinajstić information content (AvgIpc) is 2.27.